The summed E-state index contributed by atoms with van der Waals surface area (Å²) in [7, 11) is 1.63. The van der Waals surface area contributed by atoms with Crippen molar-refractivity contribution in [3.63, 3.8) is 0 Å². The average Bonchev–Trinajstić information content (AvgIpc) is 2.64. The first-order valence-electron chi connectivity index (χ1n) is 8.01. The van der Waals surface area contributed by atoms with Gasteiger partial charge < -0.3 is 20.1 Å². The largest absolute Gasteiger partial charge is 0.495 e. The van der Waals surface area contributed by atoms with E-state index >= 15 is 0 Å². The number of amides is 1. The minimum atomic E-state index is 0.0186. The molecular weight excluding hydrogens is 306 g/mol. The summed E-state index contributed by atoms with van der Waals surface area (Å²) >= 11 is 0. The quantitative estimate of drug-likeness (QED) is 0.882. The summed E-state index contributed by atoms with van der Waals surface area (Å²) in [4.78, 5) is 16.5. The van der Waals surface area contributed by atoms with Gasteiger partial charge in [-0.25, -0.2) is 4.98 Å². The van der Waals surface area contributed by atoms with E-state index in [9.17, 15) is 4.79 Å². The molecule has 1 amide bonds. The van der Waals surface area contributed by atoms with E-state index in [2.05, 4.69) is 15.6 Å². The maximum Gasteiger partial charge on any atom is 0.227 e. The maximum atomic E-state index is 12.2. The molecule has 0 radical (unpaired) electrons. The lowest BCUT2D eigenvalue weighted by molar-refractivity contribution is -0.122. The van der Waals surface area contributed by atoms with Gasteiger partial charge in [-0.15, -0.1) is 0 Å². The van der Waals surface area contributed by atoms with Gasteiger partial charge >= 0.3 is 0 Å². The van der Waals surface area contributed by atoms with Crippen molar-refractivity contribution in [2.75, 3.05) is 31.0 Å². The number of hydrogen-bond acceptors (Lipinski definition) is 5. The number of anilines is 3. The van der Waals surface area contributed by atoms with Crippen LogP contribution in [0.4, 0.5) is 17.2 Å². The molecule has 0 spiro atoms. The fourth-order valence-electron chi connectivity index (χ4n) is 2.63. The lowest BCUT2D eigenvalue weighted by atomic mass is 9.99. The fraction of sp³-hybridized carbons (Fsp3) is 0.333. The van der Waals surface area contributed by atoms with E-state index in [0.29, 0.717) is 24.7 Å². The van der Waals surface area contributed by atoms with Crippen LogP contribution in [-0.4, -0.2) is 31.2 Å². The number of aromatic nitrogens is 1. The Morgan fingerprint density at radius 2 is 2.00 bits per heavy atom. The van der Waals surface area contributed by atoms with E-state index in [1.807, 2.05) is 36.4 Å². The lowest BCUT2D eigenvalue weighted by Crippen LogP contribution is -2.28. The molecule has 1 aliphatic heterocycles. The van der Waals surface area contributed by atoms with Crippen LogP contribution in [0.3, 0.4) is 0 Å². The van der Waals surface area contributed by atoms with Crippen molar-refractivity contribution in [3.8, 4) is 5.75 Å². The van der Waals surface area contributed by atoms with Crippen LogP contribution in [0, 0.1) is 5.92 Å². The molecule has 6 nitrogen and oxygen atoms in total. The maximum absolute atomic E-state index is 12.2. The number of pyridine rings is 1. The molecule has 6 heteroatoms. The smallest absolute Gasteiger partial charge is 0.227 e. The molecular formula is C18H21N3O3. The van der Waals surface area contributed by atoms with Crippen LogP contribution in [-0.2, 0) is 9.53 Å². The molecule has 1 aromatic carbocycles. The number of ether oxygens (including phenoxy) is 2. The van der Waals surface area contributed by atoms with Gasteiger partial charge in [0.2, 0.25) is 5.91 Å². The zero-order valence-electron chi connectivity index (χ0n) is 13.6. The van der Waals surface area contributed by atoms with Crippen molar-refractivity contribution >= 4 is 23.1 Å². The minimum Gasteiger partial charge on any atom is -0.495 e. The lowest BCUT2D eigenvalue weighted by Gasteiger charge is -2.21. The summed E-state index contributed by atoms with van der Waals surface area (Å²) in [5.74, 6) is 1.48. The summed E-state index contributed by atoms with van der Waals surface area (Å²) in [6.07, 6.45) is 3.19. The monoisotopic (exact) mass is 327 g/mol. The third kappa shape index (κ3) is 4.02. The Labute approximate surface area is 141 Å². The molecule has 126 valence electrons. The summed E-state index contributed by atoms with van der Waals surface area (Å²) in [6.45, 7) is 1.30. The number of hydrogen-bond donors (Lipinski definition) is 2. The zero-order chi connectivity index (χ0) is 16.8. The predicted octanol–water partition coefficient (Wildman–Crippen LogP) is 3.20. The highest BCUT2D eigenvalue weighted by molar-refractivity contribution is 5.92. The molecule has 1 saturated heterocycles. The van der Waals surface area contributed by atoms with E-state index < -0.39 is 0 Å². The van der Waals surface area contributed by atoms with Crippen molar-refractivity contribution in [1.29, 1.82) is 0 Å². The highest BCUT2D eigenvalue weighted by Crippen LogP contribution is 2.26. The van der Waals surface area contributed by atoms with Gasteiger partial charge in [-0.1, -0.05) is 12.1 Å². The van der Waals surface area contributed by atoms with E-state index in [4.69, 9.17) is 9.47 Å². The summed E-state index contributed by atoms with van der Waals surface area (Å²) in [5.41, 5.74) is 1.53. The van der Waals surface area contributed by atoms with Gasteiger partial charge in [0.15, 0.2) is 0 Å². The molecule has 2 N–H and O–H groups in total. The van der Waals surface area contributed by atoms with Crippen LogP contribution in [0.5, 0.6) is 5.75 Å². The first-order chi connectivity index (χ1) is 11.8. The van der Waals surface area contributed by atoms with Gasteiger partial charge in [-0.2, -0.15) is 0 Å². The molecule has 1 fully saturated rings. The van der Waals surface area contributed by atoms with Gasteiger partial charge in [0.05, 0.1) is 24.7 Å². The molecule has 2 aromatic rings. The summed E-state index contributed by atoms with van der Waals surface area (Å²) in [6, 6.07) is 11.3. The van der Waals surface area contributed by atoms with E-state index in [0.717, 1.165) is 24.3 Å². The topological polar surface area (TPSA) is 72.5 Å². The number of carbonyl (C=O) groups is 1. The number of nitrogens with zero attached hydrogens (tertiary/aromatic N) is 1. The number of methoxy groups -OCH3 is 1. The number of rotatable bonds is 5. The standard InChI is InChI=1S/C18H21N3O3/c1-23-16-5-3-2-4-15(16)21-17-7-6-14(12-19-17)20-18(22)13-8-10-24-11-9-13/h2-7,12-13H,8-11H2,1H3,(H,19,21)(H,20,22). The van der Waals surface area contributed by atoms with Crippen molar-refractivity contribution in [2.24, 2.45) is 5.92 Å². The number of nitrogens with one attached hydrogen (secondary N) is 2. The van der Waals surface area contributed by atoms with Gasteiger partial charge in [0.1, 0.15) is 11.6 Å². The van der Waals surface area contributed by atoms with Crippen molar-refractivity contribution in [2.45, 2.75) is 12.8 Å². The second kappa shape index (κ2) is 7.79. The van der Waals surface area contributed by atoms with Crippen molar-refractivity contribution in [3.05, 3.63) is 42.6 Å². The molecule has 3 rings (SSSR count). The highest BCUT2D eigenvalue weighted by atomic mass is 16.5. The zero-order valence-corrected chi connectivity index (χ0v) is 13.6. The Morgan fingerprint density at radius 1 is 1.21 bits per heavy atom. The Bertz CT molecular complexity index is 682. The molecule has 0 bridgehead atoms. The third-order valence-corrected chi connectivity index (χ3v) is 3.99. The highest BCUT2D eigenvalue weighted by Gasteiger charge is 2.21. The molecule has 0 aliphatic carbocycles. The summed E-state index contributed by atoms with van der Waals surface area (Å²) in [5, 5.41) is 6.12. The Hall–Kier alpha value is -2.60. The van der Waals surface area contributed by atoms with Gasteiger partial charge in [0.25, 0.3) is 0 Å². The van der Waals surface area contributed by atoms with Crippen molar-refractivity contribution < 1.29 is 14.3 Å². The van der Waals surface area contributed by atoms with Crippen LogP contribution in [0.15, 0.2) is 42.6 Å². The molecule has 1 aromatic heterocycles. The van der Waals surface area contributed by atoms with Crippen molar-refractivity contribution in [1.82, 2.24) is 4.98 Å². The Morgan fingerprint density at radius 3 is 2.71 bits per heavy atom. The number of carbonyl (C=O) groups excluding carboxylic acids is 1. The van der Waals surface area contributed by atoms with Gasteiger partial charge in [0, 0.05) is 19.1 Å². The van der Waals surface area contributed by atoms with Crippen LogP contribution in [0.25, 0.3) is 0 Å². The molecule has 2 heterocycles. The Kier molecular flexibility index (Phi) is 5.28. The molecule has 1 aliphatic rings. The van der Waals surface area contributed by atoms with Gasteiger partial charge in [-0.3, -0.25) is 4.79 Å². The van der Waals surface area contributed by atoms with E-state index in [-0.39, 0.29) is 11.8 Å². The van der Waals surface area contributed by atoms with Gasteiger partial charge in [-0.05, 0) is 37.1 Å². The molecule has 0 saturated carbocycles. The molecule has 24 heavy (non-hydrogen) atoms. The second-order valence-electron chi connectivity index (χ2n) is 5.63. The van der Waals surface area contributed by atoms with E-state index in [1.54, 1.807) is 13.3 Å². The normalized spacial score (nSPS) is 14.9. The molecule has 0 atom stereocenters. The Balaban J connectivity index is 1.61. The first kappa shape index (κ1) is 16.3. The average molecular weight is 327 g/mol. The van der Waals surface area contributed by atoms with Crippen LogP contribution < -0.4 is 15.4 Å². The van der Waals surface area contributed by atoms with Crippen LogP contribution in [0.1, 0.15) is 12.8 Å². The van der Waals surface area contributed by atoms with Crippen LogP contribution in [0.2, 0.25) is 0 Å². The molecule has 0 unspecified atom stereocenters. The fourth-order valence-corrected chi connectivity index (χ4v) is 2.63. The number of para-hydroxylation sites is 2. The third-order valence-electron chi connectivity index (χ3n) is 3.99. The summed E-state index contributed by atoms with van der Waals surface area (Å²) < 4.78 is 10.6. The van der Waals surface area contributed by atoms with Crippen LogP contribution >= 0.6 is 0 Å². The minimum absolute atomic E-state index is 0.0186. The first-order valence-corrected chi connectivity index (χ1v) is 8.01. The predicted molar refractivity (Wildman–Crippen MR) is 92.7 cm³/mol. The number of benzene rings is 1. The second-order valence-corrected chi connectivity index (χ2v) is 5.63. The van der Waals surface area contributed by atoms with E-state index in [1.165, 1.54) is 0 Å². The SMILES string of the molecule is COc1ccccc1Nc1ccc(NC(=O)C2CCOCC2)cn1.